The van der Waals surface area contributed by atoms with Gasteiger partial charge in [-0.2, -0.15) is 0 Å². The van der Waals surface area contributed by atoms with Gasteiger partial charge in [-0.05, 0) is 24.0 Å². The molecule has 0 saturated heterocycles. The van der Waals surface area contributed by atoms with Crippen LogP contribution in [0.15, 0.2) is 54.3 Å². The number of rotatable bonds is 4. The fourth-order valence-electron chi connectivity index (χ4n) is 3.49. The van der Waals surface area contributed by atoms with Gasteiger partial charge in [0.05, 0.1) is 19.0 Å². The summed E-state index contributed by atoms with van der Waals surface area (Å²) in [7, 11) is 0. The maximum Gasteiger partial charge on any atom is 0.107 e. The summed E-state index contributed by atoms with van der Waals surface area (Å²) in [6, 6.07) is 10.8. The lowest BCUT2D eigenvalue weighted by atomic mass is 9.98. The molecule has 0 spiro atoms. The molecule has 1 aliphatic heterocycles. The van der Waals surface area contributed by atoms with Crippen molar-refractivity contribution in [2.45, 2.75) is 31.6 Å². The molecule has 1 heterocycles. The van der Waals surface area contributed by atoms with E-state index in [0.29, 0.717) is 5.92 Å². The fraction of sp³-hybridized carbons (Fsp3) is 0.412. The molecule has 1 aliphatic carbocycles. The number of allylic oxidation sites excluding steroid dienone is 1. The summed E-state index contributed by atoms with van der Waals surface area (Å²) < 4.78 is 0. The Hall–Kier alpha value is -1.34. The van der Waals surface area contributed by atoms with Crippen LogP contribution in [0.5, 0.6) is 0 Å². The highest BCUT2D eigenvalue weighted by Crippen LogP contribution is 2.28. The van der Waals surface area contributed by atoms with Gasteiger partial charge in [-0.15, -0.1) is 6.58 Å². The molecule has 94 valence electrons. The molecule has 0 aromatic heterocycles. The Labute approximate surface area is 110 Å². The van der Waals surface area contributed by atoms with Crippen molar-refractivity contribution in [1.29, 1.82) is 0 Å². The number of benzene rings is 1. The number of nitrogens with one attached hydrogen (secondary N) is 1. The second-order valence-corrected chi connectivity index (χ2v) is 5.50. The van der Waals surface area contributed by atoms with Crippen molar-refractivity contribution in [2.75, 3.05) is 13.1 Å². The molecule has 0 radical (unpaired) electrons. The van der Waals surface area contributed by atoms with Gasteiger partial charge in [-0.25, -0.2) is 0 Å². The van der Waals surface area contributed by atoms with Crippen LogP contribution in [0.3, 0.4) is 0 Å². The monoisotopic (exact) mass is 240 g/mol. The van der Waals surface area contributed by atoms with Gasteiger partial charge in [0.2, 0.25) is 0 Å². The van der Waals surface area contributed by atoms with Gasteiger partial charge < -0.3 is 4.90 Å². The highest BCUT2D eigenvalue weighted by Gasteiger charge is 2.32. The zero-order valence-electron chi connectivity index (χ0n) is 11.0. The molecular formula is C17H22N+. The number of quaternary nitrogens is 1. The maximum atomic E-state index is 4.04. The van der Waals surface area contributed by atoms with Crippen molar-refractivity contribution in [2.24, 2.45) is 0 Å². The molecule has 1 heteroatoms. The van der Waals surface area contributed by atoms with Crippen LogP contribution in [0.25, 0.3) is 0 Å². The van der Waals surface area contributed by atoms with E-state index < -0.39 is 0 Å². The maximum absolute atomic E-state index is 4.04. The minimum absolute atomic E-state index is 0.494. The summed E-state index contributed by atoms with van der Waals surface area (Å²) in [5, 5.41) is 0. The first kappa shape index (κ1) is 11.7. The normalized spacial score (nSPS) is 24.1. The Kier molecular flexibility index (Phi) is 3.33. The summed E-state index contributed by atoms with van der Waals surface area (Å²) in [6.07, 6.45) is 7.55. The first-order valence-corrected chi connectivity index (χ1v) is 7.12. The van der Waals surface area contributed by atoms with Crippen LogP contribution in [0, 0.1) is 0 Å². The SMILES string of the molecule is C=C[C@@H](C[NH+]1CCC2=C1CCC2)c1ccccc1. The topological polar surface area (TPSA) is 4.44 Å². The Morgan fingerprint density at radius 2 is 2.00 bits per heavy atom. The quantitative estimate of drug-likeness (QED) is 0.772. The Morgan fingerprint density at radius 1 is 1.17 bits per heavy atom. The molecule has 1 unspecified atom stereocenters. The molecule has 1 nitrogen and oxygen atoms in total. The highest BCUT2D eigenvalue weighted by molar-refractivity contribution is 5.23. The van der Waals surface area contributed by atoms with Crippen molar-refractivity contribution in [3.63, 3.8) is 0 Å². The molecular weight excluding hydrogens is 218 g/mol. The number of hydrogen-bond acceptors (Lipinski definition) is 0. The van der Waals surface area contributed by atoms with Crippen LogP contribution in [0.1, 0.15) is 37.2 Å². The first-order chi connectivity index (χ1) is 8.88. The minimum Gasteiger partial charge on any atom is -0.305 e. The molecule has 0 amide bonds. The molecule has 0 fully saturated rings. The smallest absolute Gasteiger partial charge is 0.107 e. The van der Waals surface area contributed by atoms with Crippen molar-refractivity contribution in [3.05, 3.63) is 59.8 Å². The predicted molar refractivity (Wildman–Crippen MR) is 75.6 cm³/mol. The first-order valence-electron chi connectivity index (χ1n) is 7.12. The third-order valence-corrected chi connectivity index (χ3v) is 4.47. The summed E-state index contributed by atoms with van der Waals surface area (Å²) in [4.78, 5) is 1.72. The van der Waals surface area contributed by atoms with Crippen molar-refractivity contribution < 1.29 is 4.90 Å². The minimum atomic E-state index is 0.494. The van der Waals surface area contributed by atoms with E-state index in [9.17, 15) is 0 Å². The summed E-state index contributed by atoms with van der Waals surface area (Å²) in [5.74, 6) is 0.494. The molecule has 1 aromatic carbocycles. The molecule has 1 aromatic rings. The van der Waals surface area contributed by atoms with E-state index in [1.807, 2.05) is 0 Å². The standard InChI is InChI=1S/C17H21N/c1-2-14(15-7-4-3-5-8-15)13-18-12-11-16-9-6-10-17(16)18/h2-5,7-8,14H,1,6,9-13H2/p+1/t14-/m0/s1. The average molecular weight is 240 g/mol. The molecule has 2 atom stereocenters. The molecule has 3 rings (SSSR count). The van der Waals surface area contributed by atoms with Crippen LogP contribution in [0.2, 0.25) is 0 Å². The second kappa shape index (κ2) is 5.11. The van der Waals surface area contributed by atoms with E-state index in [-0.39, 0.29) is 0 Å². The van der Waals surface area contributed by atoms with Gasteiger partial charge in [0.15, 0.2) is 0 Å². The van der Waals surface area contributed by atoms with Crippen molar-refractivity contribution >= 4 is 0 Å². The van der Waals surface area contributed by atoms with E-state index in [4.69, 9.17) is 0 Å². The Bertz CT molecular complexity index is 458. The molecule has 18 heavy (non-hydrogen) atoms. The number of hydrogen-bond donors (Lipinski definition) is 1. The summed E-state index contributed by atoms with van der Waals surface area (Å²) in [6.45, 7) is 6.53. The molecule has 0 saturated carbocycles. The molecule has 0 bridgehead atoms. The van der Waals surface area contributed by atoms with Gasteiger partial charge in [-0.1, -0.05) is 36.4 Å². The average Bonchev–Trinajstić information content (AvgIpc) is 3.01. The van der Waals surface area contributed by atoms with Gasteiger partial charge >= 0.3 is 0 Å². The van der Waals surface area contributed by atoms with Crippen LogP contribution < -0.4 is 4.90 Å². The van der Waals surface area contributed by atoms with Gasteiger partial charge in [-0.3, -0.25) is 0 Å². The zero-order chi connectivity index (χ0) is 12.4. The van der Waals surface area contributed by atoms with Crippen LogP contribution >= 0.6 is 0 Å². The Morgan fingerprint density at radius 3 is 2.78 bits per heavy atom. The van der Waals surface area contributed by atoms with Gasteiger partial charge in [0.1, 0.15) is 5.70 Å². The number of likely N-dealkylation sites (tertiary alicyclic amines) is 1. The van der Waals surface area contributed by atoms with E-state index >= 15 is 0 Å². The lowest BCUT2D eigenvalue weighted by Crippen LogP contribution is -3.09. The highest BCUT2D eigenvalue weighted by atomic mass is 15.2. The summed E-state index contributed by atoms with van der Waals surface area (Å²) in [5.41, 5.74) is 4.91. The van der Waals surface area contributed by atoms with Crippen molar-refractivity contribution in [1.82, 2.24) is 0 Å². The lowest BCUT2D eigenvalue weighted by molar-refractivity contribution is -0.856. The van der Waals surface area contributed by atoms with Crippen molar-refractivity contribution in [3.8, 4) is 0 Å². The van der Waals surface area contributed by atoms with Gasteiger partial charge in [0.25, 0.3) is 0 Å². The Balaban J connectivity index is 1.74. The van der Waals surface area contributed by atoms with E-state index in [1.165, 1.54) is 44.3 Å². The lowest BCUT2D eigenvalue weighted by Gasteiger charge is -2.20. The van der Waals surface area contributed by atoms with Crippen LogP contribution in [0.4, 0.5) is 0 Å². The third-order valence-electron chi connectivity index (χ3n) is 4.47. The second-order valence-electron chi connectivity index (χ2n) is 5.50. The molecule has 2 aliphatic rings. The van der Waals surface area contributed by atoms with Crippen LogP contribution in [-0.4, -0.2) is 13.1 Å². The van der Waals surface area contributed by atoms with E-state index in [1.54, 1.807) is 16.2 Å². The zero-order valence-corrected chi connectivity index (χ0v) is 11.0. The third kappa shape index (κ3) is 2.15. The fourth-order valence-corrected chi connectivity index (χ4v) is 3.49. The van der Waals surface area contributed by atoms with E-state index in [2.05, 4.69) is 43.0 Å². The van der Waals surface area contributed by atoms with Crippen LogP contribution in [-0.2, 0) is 0 Å². The van der Waals surface area contributed by atoms with E-state index in [0.717, 1.165) is 0 Å². The largest absolute Gasteiger partial charge is 0.305 e. The summed E-state index contributed by atoms with van der Waals surface area (Å²) >= 11 is 0. The molecule has 1 N–H and O–H groups in total. The predicted octanol–water partition coefficient (Wildman–Crippen LogP) is 2.68. The van der Waals surface area contributed by atoms with Gasteiger partial charge in [0, 0.05) is 12.8 Å².